The van der Waals surface area contributed by atoms with Gasteiger partial charge in [-0.3, -0.25) is 9.59 Å². The van der Waals surface area contributed by atoms with Crippen LogP contribution in [0.4, 0.5) is 20.2 Å². The van der Waals surface area contributed by atoms with Crippen LogP contribution in [0.3, 0.4) is 0 Å². The lowest BCUT2D eigenvalue weighted by Crippen LogP contribution is -2.15. The van der Waals surface area contributed by atoms with E-state index in [4.69, 9.17) is 0 Å². The zero-order chi connectivity index (χ0) is 17.1. The second-order valence-corrected chi connectivity index (χ2v) is 5.73. The van der Waals surface area contributed by atoms with Crippen molar-refractivity contribution in [1.29, 1.82) is 0 Å². The van der Waals surface area contributed by atoms with Crippen molar-refractivity contribution in [2.75, 3.05) is 10.6 Å². The van der Waals surface area contributed by atoms with Gasteiger partial charge in [0.1, 0.15) is 11.6 Å². The maximum absolute atomic E-state index is 13.6. The van der Waals surface area contributed by atoms with Crippen LogP contribution in [0.1, 0.15) is 24.0 Å². The zero-order valence-electron chi connectivity index (χ0n) is 12.9. The largest absolute Gasteiger partial charge is 0.326 e. The van der Waals surface area contributed by atoms with Gasteiger partial charge in [0, 0.05) is 23.9 Å². The summed E-state index contributed by atoms with van der Waals surface area (Å²) in [5.74, 6) is -1.82. The Kier molecular flexibility index (Phi) is 4.55. The molecule has 1 aliphatic rings. The highest BCUT2D eigenvalue weighted by molar-refractivity contribution is 5.95. The fourth-order valence-electron chi connectivity index (χ4n) is 2.70. The van der Waals surface area contributed by atoms with E-state index in [1.807, 2.05) is 0 Å². The average Bonchev–Trinajstić information content (AvgIpc) is 2.70. The number of hydrogen-bond acceptors (Lipinski definition) is 2. The van der Waals surface area contributed by atoms with Crippen LogP contribution < -0.4 is 10.6 Å². The molecule has 0 atom stereocenters. The third-order valence-corrected chi connectivity index (χ3v) is 3.88. The van der Waals surface area contributed by atoms with Crippen LogP contribution in [0.25, 0.3) is 0 Å². The van der Waals surface area contributed by atoms with Gasteiger partial charge < -0.3 is 10.6 Å². The van der Waals surface area contributed by atoms with Gasteiger partial charge in [0.25, 0.3) is 0 Å². The molecule has 0 saturated heterocycles. The lowest BCUT2D eigenvalue weighted by Gasteiger charge is -2.11. The van der Waals surface area contributed by atoms with E-state index in [9.17, 15) is 18.4 Å². The summed E-state index contributed by atoms with van der Waals surface area (Å²) in [6.45, 7) is 0. The van der Waals surface area contributed by atoms with Crippen molar-refractivity contribution in [1.82, 2.24) is 0 Å². The molecule has 0 unspecified atom stereocenters. The number of nitrogens with one attached hydrogen (secondary N) is 2. The fraction of sp³-hybridized carbons (Fsp3) is 0.222. The lowest BCUT2D eigenvalue weighted by molar-refractivity contribution is -0.116. The second kappa shape index (κ2) is 6.78. The highest BCUT2D eigenvalue weighted by Gasteiger charge is 2.14. The van der Waals surface area contributed by atoms with Gasteiger partial charge in [-0.25, -0.2) is 8.78 Å². The van der Waals surface area contributed by atoms with E-state index < -0.39 is 17.5 Å². The van der Waals surface area contributed by atoms with Crippen molar-refractivity contribution >= 4 is 23.2 Å². The SMILES string of the molecule is O=C(Cc1ccc(F)cc1F)Nc1ccc2c(c1)CCCC(=O)N2. The molecule has 1 heterocycles. The predicted octanol–water partition coefficient (Wildman–Crippen LogP) is 3.42. The Bertz CT molecular complexity index is 806. The number of hydrogen-bond donors (Lipinski definition) is 2. The summed E-state index contributed by atoms with van der Waals surface area (Å²) in [5, 5.41) is 5.52. The molecule has 2 aromatic rings. The van der Waals surface area contributed by atoms with Crippen molar-refractivity contribution in [3.8, 4) is 0 Å². The molecule has 6 heteroatoms. The number of carbonyl (C=O) groups is 2. The third kappa shape index (κ3) is 3.76. The van der Waals surface area contributed by atoms with Gasteiger partial charge in [-0.2, -0.15) is 0 Å². The van der Waals surface area contributed by atoms with Crippen LogP contribution in [-0.2, 0) is 22.4 Å². The van der Waals surface area contributed by atoms with E-state index in [1.165, 1.54) is 6.07 Å². The Morgan fingerprint density at radius 2 is 1.96 bits per heavy atom. The number of aryl methyl sites for hydroxylation is 1. The smallest absolute Gasteiger partial charge is 0.228 e. The summed E-state index contributed by atoms with van der Waals surface area (Å²) >= 11 is 0. The summed E-state index contributed by atoms with van der Waals surface area (Å²) in [6, 6.07) is 8.37. The van der Waals surface area contributed by atoms with E-state index in [-0.39, 0.29) is 17.9 Å². The summed E-state index contributed by atoms with van der Waals surface area (Å²) < 4.78 is 26.5. The normalized spacial score (nSPS) is 13.7. The molecule has 2 N–H and O–H groups in total. The predicted molar refractivity (Wildman–Crippen MR) is 86.7 cm³/mol. The van der Waals surface area contributed by atoms with Crippen molar-refractivity contribution in [2.24, 2.45) is 0 Å². The zero-order valence-corrected chi connectivity index (χ0v) is 12.9. The van der Waals surface area contributed by atoms with Crippen LogP contribution in [-0.4, -0.2) is 11.8 Å². The number of benzene rings is 2. The van der Waals surface area contributed by atoms with Crippen LogP contribution in [0.15, 0.2) is 36.4 Å². The molecular formula is C18H16F2N2O2. The molecule has 24 heavy (non-hydrogen) atoms. The molecule has 0 aliphatic carbocycles. The molecule has 0 saturated carbocycles. The van der Waals surface area contributed by atoms with Crippen LogP contribution in [0.5, 0.6) is 0 Å². The first-order chi connectivity index (χ1) is 11.5. The summed E-state index contributed by atoms with van der Waals surface area (Å²) in [7, 11) is 0. The molecule has 0 aromatic heterocycles. The minimum absolute atomic E-state index is 0.0164. The molecule has 2 amide bonds. The van der Waals surface area contributed by atoms with Crippen molar-refractivity contribution < 1.29 is 18.4 Å². The van der Waals surface area contributed by atoms with Gasteiger partial charge in [-0.05, 0) is 48.2 Å². The lowest BCUT2D eigenvalue weighted by atomic mass is 10.1. The maximum atomic E-state index is 13.6. The second-order valence-electron chi connectivity index (χ2n) is 5.73. The maximum Gasteiger partial charge on any atom is 0.228 e. The standard InChI is InChI=1S/C18H16F2N2O2/c19-13-5-4-11(15(20)10-13)9-18(24)21-14-6-7-16-12(8-14)2-1-3-17(23)22-16/h4-8,10H,1-3,9H2,(H,21,24)(H,22,23). The average molecular weight is 330 g/mol. The Balaban J connectivity index is 1.70. The molecule has 3 rings (SSSR count). The van der Waals surface area contributed by atoms with Crippen LogP contribution >= 0.6 is 0 Å². The Morgan fingerprint density at radius 1 is 1.12 bits per heavy atom. The molecule has 0 bridgehead atoms. The first-order valence-corrected chi connectivity index (χ1v) is 7.68. The molecular weight excluding hydrogens is 314 g/mol. The van der Waals surface area contributed by atoms with Crippen LogP contribution in [0.2, 0.25) is 0 Å². The van der Waals surface area contributed by atoms with Gasteiger partial charge in [0.15, 0.2) is 0 Å². The number of anilines is 2. The van der Waals surface area contributed by atoms with Crippen molar-refractivity contribution in [3.05, 3.63) is 59.2 Å². The minimum atomic E-state index is -0.741. The molecule has 1 aliphatic heterocycles. The van der Waals surface area contributed by atoms with Gasteiger partial charge in [-0.15, -0.1) is 0 Å². The summed E-state index contributed by atoms with van der Waals surface area (Å²) in [5.41, 5.74) is 2.42. The van der Waals surface area contributed by atoms with Gasteiger partial charge in [0.05, 0.1) is 6.42 Å². The quantitative estimate of drug-likeness (QED) is 0.906. The number of fused-ring (bicyclic) bond motifs is 1. The Morgan fingerprint density at radius 3 is 2.75 bits per heavy atom. The number of halogens is 2. The number of rotatable bonds is 3. The number of amides is 2. The minimum Gasteiger partial charge on any atom is -0.326 e. The summed E-state index contributed by atoms with van der Waals surface area (Å²) in [4.78, 5) is 23.6. The first kappa shape index (κ1) is 16.1. The number of carbonyl (C=O) groups excluding carboxylic acids is 2. The van der Waals surface area contributed by atoms with Gasteiger partial charge >= 0.3 is 0 Å². The van der Waals surface area contributed by atoms with Gasteiger partial charge in [-0.1, -0.05) is 6.07 Å². The molecule has 2 aromatic carbocycles. The first-order valence-electron chi connectivity index (χ1n) is 7.68. The van der Waals surface area contributed by atoms with E-state index >= 15 is 0 Å². The fourth-order valence-corrected chi connectivity index (χ4v) is 2.70. The van der Waals surface area contributed by atoms with E-state index in [1.54, 1.807) is 18.2 Å². The highest BCUT2D eigenvalue weighted by Crippen LogP contribution is 2.25. The van der Waals surface area contributed by atoms with Crippen LogP contribution in [0, 0.1) is 11.6 Å². The van der Waals surface area contributed by atoms with E-state index in [0.717, 1.165) is 36.2 Å². The van der Waals surface area contributed by atoms with Gasteiger partial charge in [0.2, 0.25) is 11.8 Å². The molecule has 0 radical (unpaired) electrons. The molecule has 0 spiro atoms. The van der Waals surface area contributed by atoms with E-state index in [2.05, 4.69) is 10.6 Å². The van der Waals surface area contributed by atoms with E-state index in [0.29, 0.717) is 12.1 Å². The third-order valence-electron chi connectivity index (χ3n) is 3.88. The molecule has 0 fully saturated rings. The topological polar surface area (TPSA) is 58.2 Å². The Labute approximate surface area is 137 Å². The van der Waals surface area contributed by atoms with Crippen molar-refractivity contribution in [3.63, 3.8) is 0 Å². The molecule has 4 nitrogen and oxygen atoms in total. The molecule has 124 valence electrons. The van der Waals surface area contributed by atoms with Crippen molar-refractivity contribution in [2.45, 2.75) is 25.7 Å². The monoisotopic (exact) mass is 330 g/mol. The highest BCUT2D eigenvalue weighted by atomic mass is 19.1. The summed E-state index contributed by atoms with van der Waals surface area (Å²) in [6.07, 6.45) is 1.78. The Hall–Kier alpha value is -2.76.